The van der Waals surface area contributed by atoms with Gasteiger partial charge in [-0.1, -0.05) is 6.92 Å². The van der Waals surface area contributed by atoms with Crippen LogP contribution in [0.4, 0.5) is 0 Å². The van der Waals surface area contributed by atoms with Crippen LogP contribution >= 0.6 is 11.8 Å². The molecule has 0 aromatic carbocycles. The maximum Gasteiger partial charge on any atom is 0.213 e. The van der Waals surface area contributed by atoms with Crippen molar-refractivity contribution in [2.75, 3.05) is 25.1 Å². The quantitative estimate of drug-likeness (QED) is 0.719. The zero-order valence-electron chi connectivity index (χ0n) is 9.32. The Hall–Kier alpha value is 0.220. The van der Waals surface area contributed by atoms with Crippen molar-refractivity contribution in [1.82, 2.24) is 10.0 Å². The highest BCUT2D eigenvalue weighted by atomic mass is 32.2. The molecular formula is C9H20N2O2S2. The highest BCUT2D eigenvalue weighted by Gasteiger charge is 2.21. The van der Waals surface area contributed by atoms with Gasteiger partial charge in [0.1, 0.15) is 0 Å². The molecule has 90 valence electrons. The fourth-order valence-electron chi connectivity index (χ4n) is 1.55. The van der Waals surface area contributed by atoms with Gasteiger partial charge in [0.15, 0.2) is 0 Å². The third kappa shape index (κ3) is 5.19. The summed E-state index contributed by atoms with van der Waals surface area (Å²) >= 11 is 1.67. The van der Waals surface area contributed by atoms with Gasteiger partial charge < -0.3 is 5.32 Å². The summed E-state index contributed by atoms with van der Waals surface area (Å²) in [5.41, 5.74) is 0. The predicted octanol–water partition coefficient (Wildman–Crippen LogP) is 0.409. The molecule has 4 nitrogen and oxygen atoms in total. The molecule has 0 spiro atoms. The Kier molecular flexibility index (Phi) is 5.38. The lowest BCUT2D eigenvalue weighted by Crippen LogP contribution is -2.38. The van der Waals surface area contributed by atoms with E-state index in [1.807, 2.05) is 13.2 Å². The molecule has 2 N–H and O–H groups in total. The molecule has 1 heterocycles. The molecule has 1 fully saturated rings. The number of nitrogens with one attached hydrogen (secondary N) is 2. The Labute approximate surface area is 96.6 Å². The van der Waals surface area contributed by atoms with Crippen LogP contribution in [-0.2, 0) is 10.0 Å². The molecule has 1 rings (SSSR count). The Morgan fingerprint density at radius 2 is 2.33 bits per heavy atom. The lowest BCUT2D eigenvalue weighted by atomic mass is 10.3. The second-order valence-electron chi connectivity index (χ2n) is 3.97. The molecule has 0 aliphatic carbocycles. The first-order valence-electron chi connectivity index (χ1n) is 5.27. The van der Waals surface area contributed by atoms with Gasteiger partial charge >= 0.3 is 0 Å². The summed E-state index contributed by atoms with van der Waals surface area (Å²) in [5, 5.41) is 3.52. The molecule has 0 bridgehead atoms. The lowest BCUT2D eigenvalue weighted by molar-refractivity contribution is 0.563. The summed E-state index contributed by atoms with van der Waals surface area (Å²) in [6.07, 6.45) is 4.04. The van der Waals surface area contributed by atoms with Crippen LogP contribution in [0.1, 0.15) is 19.8 Å². The summed E-state index contributed by atoms with van der Waals surface area (Å²) in [6.45, 7) is 3.48. The maximum absolute atomic E-state index is 11.6. The van der Waals surface area contributed by atoms with Crippen molar-refractivity contribution >= 4 is 21.8 Å². The third-order valence-corrected chi connectivity index (χ3v) is 5.00. The number of thioether (sulfide) groups is 1. The van der Waals surface area contributed by atoms with E-state index < -0.39 is 10.0 Å². The minimum atomic E-state index is -3.10. The summed E-state index contributed by atoms with van der Waals surface area (Å²) in [5.74, 6) is 0.216. The summed E-state index contributed by atoms with van der Waals surface area (Å²) in [4.78, 5) is 0. The van der Waals surface area contributed by atoms with Crippen molar-refractivity contribution in [3.63, 3.8) is 0 Å². The zero-order chi connectivity index (χ0) is 11.3. The van der Waals surface area contributed by atoms with Gasteiger partial charge in [0, 0.05) is 17.8 Å². The van der Waals surface area contributed by atoms with Gasteiger partial charge in [0.25, 0.3) is 0 Å². The van der Waals surface area contributed by atoms with Crippen LogP contribution < -0.4 is 10.0 Å². The first-order chi connectivity index (χ1) is 7.03. The molecule has 0 aromatic heterocycles. The molecule has 0 amide bonds. The van der Waals surface area contributed by atoms with Gasteiger partial charge in [-0.3, -0.25) is 0 Å². The van der Waals surface area contributed by atoms with E-state index in [1.54, 1.807) is 11.8 Å². The molecule has 0 saturated carbocycles. The molecular weight excluding hydrogens is 232 g/mol. The van der Waals surface area contributed by atoms with Gasteiger partial charge in [-0.25, -0.2) is 13.1 Å². The SMILES string of the molecule is CSC(C)CNS(=O)(=O)CC1CCCN1. The maximum atomic E-state index is 11.6. The highest BCUT2D eigenvalue weighted by Crippen LogP contribution is 2.08. The molecule has 0 aromatic rings. The Morgan fingerprint density at radius 3 is 2.87 bits per heavy atom. The Morgan fingerprint density at radius 1 is 1.60 bits per heavy atom. The van der Waals surface area contributed by atoms with E-state index in [-0.39, 0.29) is 11.8 Å². The molecule has 2 atom stereocenters. The van der Waals surface area contributed by atoms with Gasteiger partial charge in [-0.05, 0) is 25.6 Å². The van der Waals surface area contributed by atoms with E-state index >= 15 is 0 Å². The van der Waals surface area contributed by atoms with E-state index in [2.05, 4.69) is 10.0 Å². The fourth-order valence-corrected chi connectivity index (χ4v) is 3.34. The van der Waals surface area contributed by atoms with Gasteiger partial charge in [0.2, 0.25) is 10.0 Å². The second kappa shape index (κ2) is 6.08. The number of rotatable bonds is 6. The fraction of sp³-hybridized carbons (Fsp3) is 1.00. The van der Waals surface area contributed by atoms with Gasteiger partial charge in [-0.2, -0.15) is 11.8 Å². The van der Waals surface area contributed by atoms with Gasteiger partial charge in [0.05, 0.1) is 5.75 Å². The van der Waals surface area contributed by atoms with Crippen molar-refractivity contribution in [2.24, 2.45) is 0 Å². The standard InChI is InChI=1S/C9H20N2O2S2/c1-8(14-2)6-11-15(12,13)7-9-4-3-5-10-9/h8-11H,3-7H2,1-2H3. The molecule has 6 heteroatoms. The molecule has 15 heavy (non-hydrogen) atoms. The molecule has 2 unspecified atom stereocenters. The molecule has 1 aliphatic heterocycles. The van der Waals surface area contributed by atoms with Crippen molar-refractivity contribution in [1.29, 1.82) is 0 Å². The molecule has 0 radical (unpaired) electrons. The molecule has 1 saturated heterocycles. The Balaban J connectivity index is 2.31. The monoisotopic (exact) mass is 252 g/mol. The summed E-state index contributed by atoms with van der Waals surface area (Å²) in [6, 6.07) is 0.145. The van der Waals surface area contributed by atoms with Crippen molar-refractivity contribution in [2.45, 2.75) is 31.1 Å². The number of hydrogen-bond acceptors (Lipinski definition) is 4. The smallest absolute Gasteiger partial charge is 0.213 e. The normalized spacial score (nSPS) is 24.3. The lowest BCUT2D eigenvalue weighted by Gasteiger charge is -2.13. The van der Waals surface area contributed by atoms with Crippen LogP contribution in [-0.4, -0.2) is 44.8 Å². The highest BCUT2D eigenvalue weighted by molar-refractivity contribution is 7.99. The Bertz CT molecular complexity index is 274. The zero-order valence-corrected chi connectivity index (χ0v) is 11.0. The van der Waals surface area contributed by atoms with Crippen LogP contribution in [0.5, 0.6) is 0 Å². The van der Waals surface area contributed by atoms with E-state index in [0.29, 0.717) is 11.8 Å². The number of hydrogen-bond donors (Lipinski definition) is 2. The van der Waals surface area contributed by atoms with Gasteiger partial charge in [-0.15, -0.1) is 0 Å². The summed E-state index contributed by atoms with van der Waals surface area (Å²) in [7, 11) is -3.10. The van der Waals surface area contributed by atoms with E-state index in [9.17, 15) is 8.42 Å². The first kappa shape index (κ1) is 13.3. The second-order valence-corrected chi connectivity index (χ2v) is 7.10. The van der Waals surface area contributed by atoms with Crippen LogP contribution in [0.3, 0.4) is 0 Å². The van der Waals surface area contributed by atoms with Crippen molar-refractivity contribution in [3.8, 4) is 0 Å². The van der Waals surface area contributed by atoms with Crippen LogP contribution in [0.2, 0.25) is 0 Å². The van der Waals surface area contributed by atoms with Crippen LogP contribution in [0.15, 0.2) is 0 Å². The summed E-state index contributed by atoms with van der Waals surface area (Å²) < 4.78 is 25.9. The third-order valence-electron chi connectivity index (χ3n) is 2.58. The van der Waals surface area contributed by atoms with Crippen LogP contribution in [0, 0.1) is 0 Å². The minimum Gasteiger partial charge on any atom is -0.313 e. The van der Waals surface area contributed by atoms with Crippen molar-refractivity contribution in [3.05, 3.63) is 0 Å². The van der Waals surface area contributed by atoms with E-state index in [4.69, 9.17) is 0 Å². The topological polar surface area (TPSA) is 58.2 Å². The largest absolute Gasteiger partial charge is 0.313 e. The van der Waals surface area contributed by atoms with E-state index in [1.165, 1.54) is 0 Å². The number of sulfonamides is 1. The van der Waals surface area contributed by atoms with E-state index in [0.717, 1.165) is 19.4 Å². The first-order valence-corrected chi connectivity index (χ1v) is 8.21. The predicted molar refractivity (Wildman–Crippen MR) is 65.8 cm³/mol. The van der Waals surface area contributed by atoms with Crippen LogP contribution in [0.25, 0.3) is 0 Å². The molecule has 1 aliphatic rings. The van der Waals surface area contributed by atoms with Crippen molar-refractivity contribution < 1.29 is 8.42 Å². The average molecular weight is 252 g/mol. The minimum absolute atomic E-state index is 0.145. The average Bonchev–Trinajstić information content (AvgIpc) is 2.66.